The summed E-state index contributed by atoms with van der Waals surface area (Å²) in [6.45, 7) is 3.39. The Bertz CT molecular complexity index is 1030. The van der Waals surface area contributed by atoms with Gasteiger partial charge in [-0.25, -0.2) is 14.8 Å². The van der Waals surface area contributed by atoms with E-state index in [2.05, 4.69) is 9.97 Å². The van der Waals surface area contributed by atoms with Crippen LogP contribution >= 0.6 is 11.6 Å². The first-order valence-electron chi connectivity index (χ1n) is 9.80. The Hall–Kier alpha value is -3.19. The number of hydrogen-bond acceptors (Lipinski definition) is 6. The minimum atomic E-state index is -0.403. The maximum Gasteiger partial charge on any atom is 0.415 e. The van der Waals surface area contributed by atoms with Crippen molar-refractivity contribution >= 4 is 17.7 Å². The summed E-state index contributed by atoms with van der Waals surface area (Å²) in [5, 5.41) is 0.409. The van der Waals surface area contributed by atoms with Crippen LogP contribution in [0.3, 0.4) is 0 Å². The fourth-order valence-electron chi connectivity index (χ4n) is 3.15. The molecule has 0 bridgehead atoms. The van der Waals surface area contributed by atoms with Crippen LogP contribution in [0.15, 0.2) is 48.7 Å². The van der Waals surface area contributed by atoms with Gasteiger partial charge in [0.15, 0.2) is 5.82 Å². The van der Waals surface area contributed by atoms with E-state index in [1.807, 2.05) is 31.2 Å². The molecule has 0 spiro atoms. The zero-order valence-electron chi connectivity index (χ0n) is 16.5. The number of ether oxygens (including phenoxy) is 2. The van der Waals surface area contributed by atoms with E-state index >= 15 is 0 Å². The predicted octanol–water partition coefficient (Wildman–Crippen LogP) is 4.54. The molecule has 1 amide bonds. The number of halogens is 1. The van der Waals surface area contributed by atoms with Gasteiger partial charge in [0.1, 0.15) is 10.9 Å². The van der Waals surface area contributed by atoms with Crippen LogP contribution in [0.25, 0.3) is 11.4 Å². The van der Waals surface area contributed by atoms with Crippen LogP contribution < -0.4 is 9.47 Å². The molecule has 7 nitrogen and oxygen atoms in total. The second-order valence-corrected chi connectivity index (χ2v) is 7.24. The van der Waals surface area contributed by atoms with Gasteiger partial charge in [0, 0.05) is 24.7 Å². The molecule has 30 heavy (non-hydrogen) atoms. The van der Waals surface area contributed by atoms with Gasteiger partial charge in [0.25, 0.3) is 0 Å². The standard InChI is InChI=1S/C22H21ClN4O3/c1-2-12-29-21-17-14-27(22(28)30-16-6-4-3-5-7-16)11-10-18(17)25-20(26-21)15-8-9-19(23)24-13-15/h3-9,13H,2,10-12,14H2,1H3. The average Bonchev–Trinajstić information content (AvgIpc) is 2.78. The van der Waals surface area contributed by atoms with Crippen LogP contribution in [0.2, 0.25) is 5.15 Å². The van der Waals surface area contributed by atoms with E-state index in [1.165, 1.54) is 0 Å². The number of amides is 1. The summed E-state index contributed by atoms with van der Waals surface area (Å²) in [5.41, 5.74) is 2.43. The number of pyridine rings is 1. The summed E-state index contributed by atoms with van der Waals surface area (Å²) in [6.07, 6.45) is 2.66. The van der Waals surface area contributed by atoms with Gasteiger partial charge >= 0.3 is 6.09 Å². The van der Waals surface area contributed by atoms with Crippen LogP contribution in [-0.4, -0.2) is 39.1 Å². The van der Waals surface area contributed by atoms with Gasteiger partial charge in [0.2, 0.25) is 5.88 Å². The van der Waals surface area contributed by atoms with Gasteiger partial charge < -0.3 is 14.4 Å². The largest absolute Gasteiger partial charge is 0.477 e. The van der Waals surface area contributed by atoms with E-state index in [9.17, 15) is 4.79 Å². The molecule has 0 saturated heterocycles. The molecular weight excluding hydrogens is 404 g/mol. The van der Waals surface area contributed by atoms with Crippen molar-refractivity contribution in [3.63, 3.8) is 0 Å². The second-order valence-electron chi connectivity index (χ2n) is 6.85. The lowest BCUT2D eigenvalue weighted by Crippen LogP contribution is -2.38. The van der Waals surface area contributed by atoms with Crippen molar-refractivity contribution in [1.82, 2.24) is 19.9 Å². The minimum Gasteiger partial charge on any atom is -0.477 e. The van der Waals surface area contributed by atoms with E-state index in [4.69, 9.17) is 26.1 Å². The Labute approximate surface area is 179 Å². The van der Waals surface area contributed by atoms with E-state index < -0.39 is 6.09 Å². The first-order chi connectivity index (χ1) is 14.6. The summed E-state index contributed by atoms with van der Waals surface area (Å²) < 4.78 is 11.4. The van der Waals surface area contributed by atoms with Crippen LogP contribution in [0.5, 0.6) is 11.6 Å². The first kappa shape index (κ1) is 20.1. The van der Waals surface area contributed by atoms with E-state index in [0.29, 0.717) is 48.7 Å². The summed E-state index contributed by atoms with van der Waals surface area (Å²) >= 11 is 5.89. The van der Waals surface area contributed by atoms with Crippen molar-refractivity contribution < 1.29 is 14.3 Å². The third-order valence-electron chi connectivity index (χ3n) is 4.66. The van der Waals surface area contributed by atoms with Crippen LogP contribution in [0, 0.1) is 0 Å². The minimum absolute atomic E-state index is 0.333. The van der Waals surface area contributed by atoms with Gasteiger partial charge in [0.05, 0.1) is 24.4 Å². The highest BCUT2D eigenvalue weighted by molar-refractivity contribution is 6.29. The van der Waals surface area contributed by atoms with Gasteiger partial charge in [-0.05, 0) is 30.7 Å². The molecule has 0 unspecified atom stereocenters. The van der Waals surface area contributed by atoms with Crippen molar-refractivity contribution in [2.24, 2.45) is 0 Å². The lowest BCUT2D eigenvalue weighted by Gasteiger charge is -2.28. The van der Waals surface area contributed by atoms with Crippen molar-refractivity contribution in [3.8, 4) is 23.0 Å². The Kier molecular flexibility index (Phi) is 6.09. The number of aromatic nitrogens is 3. The summed E-state index contributed by atoms with van der Waals surface area (Å²) in [5.74, 6) is 1.53. The lowest BCUT2D eigenvalue weighted by atomic mass is 10.1. The molecule has 0 atom stereocenters. The molecule has 1 aromatic carbocycles. The molecule has 1 aliphatic rings. The lowest BCUT2D eigenvalue weighted by molar-refractivity contribution is 0.145. The smallest absolute Gasteiger partial charge is 0.415 e. The monoisotopic (exact) mass is 424 g/mol. The van der Waals surface area contributed by atoms with Gasteiger partial charge in [-0.3, -0.25) is 0 Å². The molecule has 3 aromatic rings. The number of para-hydroxylation sites is 1. The molecule has 2 aromatic heterocycles. The summed E-state index contributed by atoms with van der Waals surface area (Å²) in [7, 11) is 0. The average molecular weight is 425 g/mol. The maximum absolute atomic E-state index is 12.6. The van der Waals surface area contributed by atoms with Gasteiger partial charge in [-0.1, -0.05) is 36.7 Å². The number of hydrogen-bond donors (Lipinski definition) is 0. The van der Waals surface area contributed by atoms with Gasteiger partial charge in [-0.2, -0.15) is 4.98 Å². The van der Waals surface area contributed by atoms with Crippen LogP contribution in [-0.2, 0) is 13.0 Å². The molecule has 0 fully saturated rings. The quantitative estimate of drug-likeness (QED) is 0.559. The highest BCUT2D eigenvalue weighted by atomic mass is 35.5. The van der Waals surface area contributed by atoms with Crippen molar-refractivity contribution in [3.05, 3.63) is 65.1 Å². The summed E-state index contributed by atoms with van der Waals surface area (Å²) in [6, 6.07) is 12.6. The maximum atomic E-state index is 12.6. The van der Waals surface area contributed by atoms with Crippen LogP contribution in [0.4, 0.5) is 4.79 Å². The Morgan fingerprint density at radius 3 is 2.73 bits per heavy atom. The molecule has 154 valence electrons. The predicted molar refractivity (Wildman–Crippen MR) is 113 cm³/mol. The third-order valence-corrected chi connectivity index (χ3v) is 4.88. The SMILES string of the molecule is CCCOc1nc(-c2ccc(Cl)nc2)nc2c1CN(C(=O)Oc1ccccc1)CC2. The topological polar surface area (TPSA) is 77.4 Å². The Balaban J connectivity index is 1.60. The molecule has 3 heterocycles. The molecule has 0 aliphatic carbocycles. The molecule has 0 N–H and O–H groups in total. The van der Waals surface area contributed by atoms with E-state index in [1.54, 1.807) is 29.3 Å². The van der Waals surface area contributed by atoms with Gasteiger partial charge in [-0.15, -0.1) is 0 Å². The van der Waals surface area contributed by atoms with E-state index in [-0.39, 0.29) is 0 Å². The molecule has 4 rings (SSSR count). The number of rotatable bonds is 5. The van der Waals surface area contributed by atoms with Crippen LogP contribution in [0.1, 0.15) is 24.6 Å². The molecular formula is C22H21ClN4O3. The summed E-state index contributed by atoms with van der Waals surface area (Å²) in [4.78, 5) is 27.7. The number of nitrogens with zero attached hydrogens (tertiary/aromatic N) is 4. The fraction of sp³-hybridized carbons (Fsp3) is 0.273. The number of benzene rings is 1. The fourth-order valence-corrected chi connectivity index (χ4v) is 3.26. The number of carbonyl (C=O) groups excluding carboxylic acids is 1. The number of fused-ring (bicyclic) bond motifs is 1. The Morgan fingerprint density at radius 1 is 1.17 bits per heavy atom. The second kappa shape index (κ2) is 9.09. The normalized spacial score (nSPS) is 12.9. The molecule has 8 heteroatoms. The highest BCUT2D eigenvalue weighted by Gasteiger charge is 2.27. The first-order valence-corrected chi connectivity index (χ1v) is 10.2. The zero-order valence-corrected chi connectivity index (χ0v) is 17.3. The number of carbonyl (C=O) groups is 1. The molecule has 0 radical (unpaired) electrons. The molecule has 0 saturated carbocycles. The van der Waals surface area contributed by atoms with Crippen molar-refractivity contribution in [2.45, 2.75) is 26.3 Å². The van der Waals surface area contributed by atoms with E-state index in [0.717, 1.165) is 23.2 Å². The zero-order chi connectivity index (χ0) is 20.9. The van der Waals surface area contributed by atoms with Crippen molar-refractivity contribution in [1.29, 1.82) is 0 Å². The highest BCUT2D eigenvalue weighted by Crippen LogP contribution is 2.29. The third kappa shape index (κ3) is 4.52. The molecule has 1 aliphatic heterocycles. The van der Waals surface area contributed by atoms with Crippen molar-refractivity contribution in [2.75, 3.05) is 13.2 Å². The Morgan fingerprint density at radius 2 is 2.00 bits per heavy atom.